The van der Waals surface area contributed by atoms with Crippen molar-refractivity contribution in [2.24, 2.45) is 5.41 Å². The number of hydrogen-bond acceptors (Lipinski definition) is 2. The zero-order chi connectivity index (χ0) is 15.0. The van der Waals surface area contributed by atoms with E-state index in [0.717, 1.165) is 19.7 Å². The van der Waals surface area contributed by atoms with Crippen LogP contribution in [0.25, 0.3) is 0 Å². The van der Waals surface area contributed by atoms with E-state index >= 15 is 0 Å². The monoisotopic (exact) mass is 277 g/mol. The Labute approximate surface area is 124 Å². The summed E-state index contributed by atoms with van der Waals surface area (Å²) in [5, 5.41) is 3.44. The fourth-order valence-electron chi connectivity index (χ4n) is 2.39. The molecule has 0 aliphatic carbocycles. The number of benzene rings is 1. The lowest BCUT2D eigenvalue weighted by Gasteiger charge is -2.25. The first-order chi connectivity index (χ1) is 9.44. The minimum atomic E-state index is 0.385. The lowest BCUT2D eigenvalue weighted by molar-refractivity contribution is 0.197. The summed E-state index contributed by atoms with van der Waals surface area (Å²) >= 11 is 0. The minimum Gasteiger partial charge on any atom is -0.383 e. The highest BCUT2D eigenvalue weighted by Crippen LogP contribution is 2.27. The Balaban J connectivity index is 2.36. The van der Waals surface area contributed by atoms with Gasteiger partial charge in [0, 0.05) is 13.7 Å². The van der Waals surface area contributed by atoms with Crippen molar-refractivity contribution in [2.45, 2.75) is 47.0 Å². The molecule has 0 saturated carbocycles. The topological polar surface area (TPSA) is 21.3 Å². The van der Waals surface area contributed by atoms with Crippen LogP contribution in [0.5, 0.6) is 0 Å². The molecule has 0 saturated heterocycles. The Morgan fingerprint density at radius 1 is 1.10 bits per heavy atom. The van der Waals surface area contributed by atoms with Gasteiger partial charge in [0.05, 0.1) is 6.61 Å². The predicted molar refractivity (Wildman–Crippen MR) is 87.4 cm³/mol. The van der Waals surface area contributed by atoms with E-state index in [1.165, 1.54) is 36.0 Å². The average Bonchev–Trinajstić information content (AvgIpc) is 2.40. The Kier molecular flexibility index (Phi) is 7.25. The average molecular weight is 277 g/mol. The molecule has 0 amide bonds. The van der Waals surface area contributed by atoms with Crippen LogP contribution in [-0.4, -0.2) is 26.8 Å². The molecule has 1 aromatic rings. The fraction of sp³-hybridized carbons (Fsp3) is 0.667. The highest BCUT2D eigenvalue weighted by atomic mass is 16.5. The molecule has 0 aliphatic heterocycles. The quantitative estimate of drug-likeness (QED) is 0.691. The molecular weight excluding hydrogens is 246 g/mol. The van der Waals surface area contributed by atoms with Gasteiger partial charge < -0.3 is 10.1 Å². The molecule has 0 aliphatic rings. The second-order valence-electron chi connectivity index (χ2n) is 6.59. The zero-order valence-electron chi connectivity index (χ0n) is 13.9. The number of rotatable bonds is 9. The van der Waals surface area contributed by atoms with Crippen LogP contribution in [0.4, 0.5) is 0 Å². The van der Waals surface area contributed by atoms with E-state index in [2.05, 4.69) is 51.2 Å². The third-order valence-electron chi connectivity index (χ3n) is 4.04. The summed E-state index contributed by atoms with van der Waals surface area (Å²) in [6, 6.07) is 6.77. The summed E-state index contributed by atoms with van der Waals surface area (Å²) in [6.07, 6.45) is 3.63. The van der Waals surface area contributed by atoms with Crippen molar-refractivity contribution in [2.75, 3.05) is 26.8 Å². The van der Waals surface area contributed by atoms with E-state index in [1.807, 2.05) is 0 Å². The van der Waals surface area contributed by atoms with Gasteiger partial charge in [-0.15, -0.1) is 0 Å². The highest BCUT2D eigenvalue weighted by molar-refractivity contribution is 5.30. The zero-order valence-corrected chi connectivity index (χ0v) is 13.9. The van der Waals surface area contributed by atoms with Crippen molar-refractivity contribution in [3.63, 3.8) is 0 Å². The van der Waals surface area contributed by atoms with Crippen molar-refractivity contribution < 1.29 is 4.74 Å². The standard InChI is InChI=1S/C18H31NO/c1-15-6-7-16(2)17(14-15)8-9-18(3,4)10-11-19-12-13-20-5/h6-7,14,19H,8-13H2,1-5H3. The van der Waals surface area contributed by atoms with Crippen molar-refractivity contribution in [3.05, 3.63) is 34.9 Å². The lowest BCUT2D eigenvalue weighted by atomic mass is 9.82. The van der Waals surface area contributed by atoms with Crippen molar-refractivity contribution >= 4 is 0 Å². The van der Waals surface area contributed by atoms with Gasteiger partial charge in [0.2, 0.25) is 0 Å². The molecule has 2 nitrogen and oxygen atoms in total. The normalized spacial score (nSPS) is 11.8. The van der Waals surface area contributed by atoms with Crippen LogP contribution >= 0.6 is 0 Å². The van der Waals surface area contributed by atoms with E-state index in [4.69, 9.17) is 4.74 Å². The molecular formula is C18H31NO. The van der Waals surface area contributed by atoms with Crippen LogP contribution in [-0.2, 0) is 11.2 Å². The first-order valence-electron chi connectivity index (χ1n) is 7.70. The molecule has 1 N–H and O–H groups in total. The molecule has 0 fully saturated rings. The summed E-state index contributed by atoms with van der Waals surface area (Å²) in [6.45, 7) is 11.9. The third-order valence-corrected chi connectivity index (χ3v) is 4.04. The van der Waals surface area contributed by atoms with E-state index in [1.54, 1.807) is 7.11 Å². The highest BCUT2D eigenvalue weighted by Gasteiger charge is 2.17. The Hall–Kier alpha value is -0.860. The number of aryl methyl sites for hydroxylation is 3. The summed E-state index contributed by atoms with van der Waals surface area (Å²) in [4.78, 5) is 0. The summed E-state index contributed by atoms with van der Waals surface area (Å²) < 4.78 is 5.04. The van der Waals surface area contributed by atoms with Crippen molar-refractivity contribution in [3.8, 4) is 0 Å². The minimum absolute atomic E-state index is 0.385. The van der Waals surface area contributed by atoms with Crippen LogP contribution in [0.1, 0.15) is 43.4 Å². The van der Waals surface area contributed by atoms with Crippen LogP contribution in [0.15, 0.2) is 18.2 Å². The van der Waals surface area contributed by atoms with Gasteiger partial charge in [-0.2, -0.15) is 0 Å². The number of ether oxygens (including phenoxy) is 1. The van der Waals surface area contributed by atoms with Gasteiger partial charge in [-0.1, -0.05) is 37.6 Å². The Morgan fingerprint density at radius 3 is 2.55 bits per heavy atom. The lowest BCUT2D eigenvalue weighted by Crippen LogP contribution is -2.25. The predicted octanol–water partition coefficient (Wildman–Crippen LogP) is 3.89. The molecule has 20 heavy (non-hydrogen) atoms. The smallest absolute Gasteiger partial charge is 0.0587 e. The molecule has 1 rings (SSSR count). The maximum atomic E-state index is 5.04. The maximum absolute atomic E-state index is 5.04. The molecule has 0 aromatic heterocycles. The van der Waals surface area contributed by atoms with E-state index in [0.29, 0.717) is 5.41 Å². The Morgan fingerprint density at radius 2 is 1.85 bits per heavy atom. The molecule has 1 aromatic carbocycles. The van der Waals surface area contributed by atoms with E-state index < -0.39 is 0 Å². The van der Waals surface area contributed by atoms with Crippen molar-refractivity contribution in [1.29, 1.82) is 0 Å². The number of nitrogens with one attached hydrogen (secondary N) is 1. The van der Waals surface area contributed by atoms with Gasteiger partial charge >= 0.3 is 0 Å². The largest absolute Gasteiger partial charge is 0.383 e. The summed E-state index contributed by atoms with van der Waals surface area (Å²) in [5.74, 6) is 0. The summed E-state index contributed by atoms with van der Waals surface area (Å²) in [7, 11) is 1.75. The van der Waals surface area contributed by atoms with Crippen molar-refractivity contribution in [1.82, 2.24) is 5.32 Å². The summed E-state index contributed by atoms with van der Waals surface area (Å²) in [5.41, 5.74) is 4.68. The van der Waals surface area contributed by atoms with Gasteiger partial charge in [-0.25, -0.2) is 0 Å². The molecule has 0 heterocycles. The first kappa shape index (κ1) is 17.2. The van der Waals surface area contributed by atoms with Crippen LogP contribution < -0.4 is 5.32 Å². The number of hydrogen-bond donors (Lipinski definition) is 1. The van der Waals surface area contributed by atoms with Gasteiger partial charge in [0.15, 0.2) is 0 Å². The second kappa shape index (κ2) is 8.43. The molecule has 0 atom stereocenters. The first-order valence-corrected chi connectivity index (χ1v) is 7.70. The van der Waals surface area contributed by atoms with Gasteiger partial charge in [0.1, 0.15) is 0 Å². The van der Waals surface area contributed by atoms with Crippen LogP contribution in [0, 0.1) is 19.3 Å². The maximum Gasteiger partial charge on any atom is 0.0587 e. The second-order valence-corrected chi connectivity index (χ2v) is 6.59. The molecule has 114 valence electrons. The van der Waals surface area contributed by atoms with Gasteiger partial charge in [-0.3, -0.25) is 0 Å². The SMILES string of the molecule is COCCNCCC(C)(C)CCc1cc(C)ccc1C. The van der Waals surface area contributed by atoms with Crippen LogP contribution in [0.3, 0.4) is 0 Å². The van der Waals surface area contributed by atoms with E-state index in [9.17, 15) is 0 Å². The van der Waals surface area contributed by atoms with Gasteiger partial charge in [-0.05, 0) is 56.2 Å². The molecule has 0 unspecified atom stereocenters. The fourth-order valence-corrected chi connectivity index (χ4v) is 2.39. The number of methoxy groups -OCH3 is 1. The van der Waals surface area contributed by atoms with E-state index in [-0.39, 0.29) is 0 Å². The van der Waals surface area contributed by atoms with Crippen LogP contribution in [0.2, 0.25) is 0 Å². The molecule has 0 spiro atoms. The van der Waals surface area contributed by atoms with Gasteiger partial charge in [0.25, 0.3) is 0 Å². The third kappa shape index (κ3) is 6.53. The molecule has 0 radical (unpaired) electrons. The molecule has 2 heteroatoms. The Bertz CT molecular complexity index is 398. The molecule has 0 bridgehead atoms.